The summed E-state index contributed by atoms with van der Waals surface area (Å²) in [5.41, 5.74) is 16.8. The quantitative estimate of drug-likeness (QED) is 0.168. The van der Waals surface area contributed by atoms with Crippen molar-refractivity contribution in [2.75, 3.05) is 0 Å². The average Bonchev–Trinajstić information content (AvgIpc) is 4.03. The zero-order chi connectivity index (χ0) is 43.3. The maximum Gasteiger partial charge on any atom is 0.164 e. The van der Waals surface area contributed by atoms with Crippen LogP contribution in [0, 0.1) is 0 Å². The first kappa shape index (κ1) is 36.5. The third-order valence-electron chi connectivity index (χ3n) is 13.5. The lowest BCUT2D eigenvalue weighted by Gasteiger charge is -2.16. The summed E-state index contributed by atoms with van der Waals surface area (Å²) in [4.78, 5) is 15.7. The van der Waals surface area contributed by atoms with Gasteiger partial charge in [-0.2, -0.15) is 0 Å². The normalized spacial score (nSPS) is 11.9. The Morgan fingerprint density at radius 1 is 0.273 bits per heavy atom. The van der Waals surface area contributed by atoms with Gasteiger partial charge in [-0.05, 0) is 99.3 Å². The van der Waals surface area contributed by atoms with Crippen LogP contribution in [0.5, 0.6) is 0 Å². The van der Waals surface area contributed by atoms with Gasteiger partial charge in [0.15, 0.2) is 17.5 Å². The van der Waals surface area contributed by atoms with Gasteiger partial charge in [0.25, 0.3) is 0 Å². The topological polar surface area (TPSA) is 48.5 Å². The Hall–Kier alpha value is -8.93. The lowest BCUT2D eigenvalue weighted by Crippen LogP contribution is -2.02. The summed E-state index contributed by atoms with van der Waals surface area (Å²) in [6, 6.07) is 80.4. The average molecular weight is 840 g/mol. The van der Waals surface area contributed by atoms with E-state index >= 15 is 0 Å². The molecule has 1 aliphatic carbocycles. The molecule has 0 aliphatic heterocycles. The summed E-state index contributed by atoms with van der Waals surface area (Å²) in [6.07, 6.45) is 0. The van der Waals surface area contributed by atoms with E-state index in [0.29, 0.717) is 17.5 Å². The molecule has 0 saturated carbocycles. The third kappa shape index (κ3) is 5.50. The Labute approximate surface area is 380 Å². The molecule has 0 atom stereocenters. The second-order valence-electron chi connectivity index (χ2n) is 17.2. The van der Waals surface area contributed by atoms with Crippen molar-refractivity contribution in [2.24, 2.45) is 0 Å². The van der Waals surface area contributed by atoms with Crippen molar-refractivity contribution in [3.63, 3.8) is 0 Å². The van der Waals surface area contributed by atoms with Gasteiger partial charge in [0.1, 0.15) is 0 Å². The van der Waals surface area contributed by atoms with Crippen molar-refractivity contribution in [3.8, 4) is 78.9 Å². The monoisotopic (exact) mass is 839 g/mol. The van der Waals surface area contributed by atoms with Gasteiger partial charge in [-0.1, -0.05) is 164 Å². The van der Waals surface area contributed by atoms with E-state index in [2.05, 4.69) is 197 Å². The van der Waals surface area contributed by atoms with Crippen molar-refractivity contribution in [2.45, 2.75) is 0 Å². The fraction of sp³-hybridized carbons (Fsp3) is 0. The SMILES string of the molecule is c1ccc(-c2nc(-c3ccccc3)nc(-c3cc(-n4c5ccccc5c5cc(-c6ccc7c(c6)c6ccccc6n7-c6ccccc6)ccc54)cc4c3-c3cccc5cccc-4c35)n2)cc1. The highest BCUT2D eigenvalue weighted by Gasteiger charge is 2.28. The predicted molar refractivity (Wildman–Crippen MR) is 272 cm³/mol. The molecule has 5 heteroatoms. The molecular weight excluding hydrogens is 803 g/mol. The molecule has 0 N–H and O–H groups in total. The van der Waals surface area contributed by atoms with Crippen LogP contribution in [0.4, 0.5) is 0 Å². The smallest absolute Gasteiger partial charge is 0.164 e. The zero-order valence-corrected chi connectivity index (χ0v) is 35.6. The predicted octanol–water partition coefficient (Wildman–Crippen LogP) is 15.5. The molecule has 0 unspecified atom stereocenters. The number of hydrogen-bond donors (Lipinski definition) is 0. The molecule has 306 valence electrons. The molecule has 0 fully saturated rings. The summed E-state index contributed by atoms with van der Waals surface area (Å²) in [5, 5.41) is 7.34. The Bertz CT molecular complexity index is 4030. The summed E-state index contributed by atoms with van der Waals surface area (Å²) in [6.45, 7) is 0. The minimum Gasteiger partial charge on any atom is -0.309 e. The number of benzene rings is 10. The van der Waals surface area contributed by atoms with Gasteiger partial charge in [-0.25, -0.2) is 15.0 Å². The van der Waals surface area contributed by atoms with Gasteiger partial charge in [-0.15, -0.1) is 0 Å². The highest BCUT2D eigenvalue weighted by molar-refractivity contribution is 6.19. The van der Waals surface area contributed by atoms with Crippen LogP contribution in [0.3, 0.4) is 0 Å². The van der Waals surface area contributed by atoms with Crippen LogP contribution in [0.15, 0.2) is 224 Å². The number of aromatic nitrogens is 5. The molecule has 3 aromatic heterocycles. The number of rotatable bonds is 6. The number of nitrogens with zero attached hydrogens (tertiary/aromatic N) is 5. The van der Waals surface area contributed by atoms with Crippen molar-refractivity contribution in [1.82, 2.24) is 24.1 Å². The minimum absolute atomic E-state index is 0.637. The van der Waals surface area contributed by atoms with Crippen molar-refractivity contribution in [1.29, 1.82) is 0 Å². The van der Waals surface area contributed by atoms with E-state index in [1.54, 1.807) is 0 Å². The van der Waals surface area contributed by atoms with Crippen LogP contribution in [0.25, 0.3) is 133 Å². The van der Waals surface area contributed by atoms with Crippen LogP contribution >= 0.6 is 0 Å². The molecule has 0 bridgehead atoms. The fourth-order valence-electron chi connectivity index (χ4n) is 10.6. The van der Waals surface area contributed by atoms with Gasteiger partial charge < -0.3 is 9.13 Å². The van der Waals surface area contributed by atoms with Gasteiger partial charge in [0.05, 0.1) is 22.1 Å². The lowest BCUT2D eigenvalue weighted by atomic mass is 9.96. The van der Waals surface area contributed by atoms with Crippen molar-refractivity contribution >= 4 is 54.4 Å². The second kappa shape index (κ2) is 14.3. The van der Waals surface area contributed by atoms with Crippen LogP contribution in [-0.4, -0.2) is 24.1 Å². The van der Waals surface area contributed by atoms with Crippen LogP contribution in [-0.2, 0) is 0 Å². The van der Waals surface area contributed by atoms with E-state index < -0.39 is 0 Å². The molecule has 66 heavy (non-hydrogen) atoms. The lowest BCUT2D eigenvalue weighted by molar-refractivity contribution is 1.07. The molecular formula is C61H37N5. The standard InChI is InChI=1S/C61H37N5/c1-4-16-39(17-5-1)59-62-60(40-18-6-2-7-19-40)64-61(63-59)52-37-44(36-51-47-26-14-20-38-21-15-27-48(57(38)47)58(51)52)66-54-29-13-11-25-46(54)50-35-42(31-33-56(50)66)41-30-32-55-49(34-41)45-24-10-12-28-53(45)65(55)43-22-8-3-9-23-43/h1-37H. The van der Waals surface area contributed by atoms with E-state index in [-0.39, 0.29) is 0 Å². The number of para-hydroxylation sites is 3. The van der Waals surface area contributed by atoms with E-state index in [9.17, 15) is 0 Å². The molecule has 0 amide bonds. The number of fused-ring (bicyclic) bond motifs is 9. The Balaban J connectivity index is 0.999. The van der Waals surface area contributed by atoms with E-state index in [1.807, 2.05) is 36.4 Å². The second-order valence-corrected chi connectivity index (χ2v) is 17.2. The molecule has 0 saturated heterocycles. The van der Waals surface area contributed by atoms with Gasteiger partial charge in [-0.3, -0.25) is 0 Å². The van der Waals surface area contributed by atoms with Crippen molar-refractivity contribution < 1.29 is 0 Å². The largest absolute Gasteiger partial charge is 0.309 e. The Morgan fingerprint density at radius 3 is 1.33 bits per heavy atom. The highest BCUT2D eigenvalue weighted by Crippen LogP contribution is 2.52. The van der Waals surface area contributed by atoms with Crippen LogP contribution in [0.2, 0.25) is 0 Å². The Morgan fingerprint density at radius 2 is 0.742 bits per heavy atom. The van der Waals surface area contributed by atoms with E-state index in [4.69, 9.17) is 15.0 Å². The zero-order valence-electron chi connectivity index (χ0n) is 35.6. The summed E-state index contributed by atoms with van der Waals surface area (Å²) in [7, 11) is 0. The molecule has 1 aliphatic rings. The molecule has 0 spiro atoms. The van der Waals surface area contributed by atoms with Gasteiger partial charge in [0, 0.05) is 55.2 Å². The first-order chi connectivity index (χ1) is 32.7. The summed E-state index contributed by atoms with van der Waals surface area (Å²) in [5.74, 6) is 1.91. The third-order valence-corrected chi connectivity index (χ3v) is 13.5. The maximum atomic E-state index is 5.32. The van der Waals surface area contributed by atoms with Crippen LogP contribution in [0.1, 0.15) is 0 Å². The van der Waals surface area contributed by atoms with E-state index in [0.717, 1.165) is 44.7 Å². The van der Waals surface area contributed by atoms with Gasteiger partial charge >= 0.3 is 0 Å². The molecule has 13 aromatic rings. The van der Waals surface area contributed by atoms with Crippen LogP contribution < -0.4 is 0 Å². The molecule has 5 nitrogen and oxygen atoms in total. The highest BCUT2D eigenvalue weighted by atomic mass is 15.0. The minimum atomic E-state index is 0.637. The fourth-order valence-corrected chi connectivity index (χ4v) is 10.6. The number of hydrogen-bond acceptors (Lipinski definition) is 3. The maximum absolute atomic E-state index is 5.32. The molecule has 14 rings (SSSR count). The Kier molecular flexibility index (Phi) is 7.91. The molecule has 10 aromatic carbocycles. The first-order valence-corrected chi connectivity index (χ1v) is 22.4. The molecule has 0 radical (unpaired) electrons. The summed E-state index contributed by atoms with van der Waals surface area (Å²) >= 11 is 0. The first-order valence-electron chi connectivity index (χ1n) is 22.4. The van der Waals surface area contributed by atoms with Gasteiger partial charge in [0.2, 0.25) is 0 Å². The summed E-state index contributed by atoms with van der Waals surface area (Å²) < 4.78 is 4.80. The molecule has 3 heterocycles. The van der Waals surface area contributed by atoms with Crippen molar-refractivity contribution in [3.05, 3.63) is 224 Å². The van der Waals surface area contributed by atoms with E-state index in [1.165, 1.54) is 71.2 Å².